The van der Waals surface area contributed by atoms with E-state index < -0.39 is 30.4 Å². The second-order valence-electron chi connectivity index (χ2n) is 5.95. The van der Waals surface area contributed by atoms with E-state index in [2.05, 4.69) is 4.98 Å². The predicted molar refractivity (Wildman–Crippen MR) is 98.0 cm³/mol. The maximum absolute atomic E-state index is 12.5. The Balaban J connectivity index is 2.03. The van der Waals surface area contributed by atoms with E-state index in [9.17, 15) is 14.4 Å². The molecule has 144 valence electrons. The van der Waals surface area contributed by atoms with Gasteiger partial charge in [0.1, 0.15) is 5.75 Å². The van der Waals surface area contributed by atoms with Crippen molar-refractivity contribution in [2.75, 3.05) is 13.2 Å². The van der Waals surface area contributed by atoms with Crippen LogP contribution in [0.4, 0.5) is 0 Å². The summed E-state index contributed by atoms with van der Waals surface area (Å²) in [7, 11) is 0. The lowest BCUT2D eigenvalue weighted by atomic mass is 10.1. The highest BCUT2D eigenvalue weighted by Crippen LogP contribution is 2.20. The van der Waals surface area contributed by atoms with Gasteiger partial charge in [-0.15, -0.1) is 0 Å². The molecule has 0 aliphatic carbocycles. The van der Waals surface area contributed by atoms with Gasteiger partial charge in [0.25, 0.3) is 0 Å². The average Bonchev–Trinajstić information content (AvgIpc) is 2.94. The highest BCUT2D eigenvalue weighted by atomic mass is 16.6. The summed E-state index contributed by atoms with van der Waals surface area (Å²) in [6.07, 6.45) is -0.876. The van der Waals surface area contributed by atoms with Crippen LogP contribution in [0.1, 0.15) is 46.0 Å². The minimum atomic E-state index is -0.876. The van der Waals surface area contributed by atoms with Crippen molar-refractivity contribution >= 4 is 17.7 Å². The number of carbonyl (C=O) groups excluding carboxylic acids is 3. The number of hydrogen-bond acceptors (Lipinski definition) is 6. The maximum atomic E-state index is 12.5. The van der Waals surface area contributed by atoms with Gasteiger partial charge in [-0.05, 0) is 39.8 Å². The van der Waals surface area contributed by atoms with Crippen LogP contribution in [0.25, 0.3) is 0 Å². The Morgan fingerprint density at radius 1 is 1.00 bits per heavy atom. The normalized spacial score (nSPS) is 11.6. The number of Topliss-reactive ketones (excluding diaryl/α,β-unsaturated/α-hetero) is 1. The van der Waals surface area contributed by atoms with Crippen LogP contribution in [0.5, 0.6) is 5.75 Å². The molecule has 0 unspecified atom stereocenters. The summed E-state index contributed by atoms with van der Waals surface area (Å²) >= 11 is 0. The van der Waals surface area contributed by atoms with Crippen molar-refractivity contribution in [3.05, 3.63) is 52.8 Å². The summed E-state index contributed by atoms with van der Waals surface area (Å²) in [5.41, 5.74) is 1.39. The molecule has 0 radical (unpaired) electrons. The van der Waals surface area contributed by atoms with E-state index in [-0.39, 0.29) is 17.7 Å². The summed E-state index contributed by atoms with van der Waals surface area (Å²) in [5.74, 6) is -1.22. The number of aromatic nitrogens is 1. The van der Waals surface area contributed by atoms with Crippen LogP contribution < -0.4 is 4.74 Å². The molecule has 1 atom stereocenters. The Bertz CT molecular complexity index is 824. The van der Waals surface area contributed by atoms with E-state index in [4.69, 9.17) is 14.2 Å². The highest BCUT2D eigenvalue weighted by Gasteiger charge is 2.26. The van der Waals surface area contributed by atoms with Crippen LogP contribution in [0.15, 0.2) is 30.3 Å². The van der Waals surface area contributed by atoms with Crippen molar-refractivity contribution < 1.29 is 28.6 Å². The number of aryl methyl sites for hydroxylation is 2. The quantitative estimate of drug-likeness (QED) is 0.565. The number of rotatable bonds is 8. The van der Waals surface area contributed by atoms with Gasteiger partial charge in [0.05, 0.1) is 17.7 Å². The van der Waals surface area contributed by atoms with E-state index >= 15 is 0 Å². The third-order valence-corrected chi connectivity index (χ3v) is 3.87. The molecule has 1 aromatic heterocycles. The van der Waals surface area contributed by atoms with Gasteiger partial charge in [0.2, 0.25) is 5.78 Å². The summed E-state index contributed by atoms with van der Waals surface area (Å²) < 4.78 is 15.5. The second kappa shape index (κ2) is 9.02. The third-order valence-electron chi connectivity index (χ3n) is 3.87. The zero-order valence-corrected chi connectivity index (χ0v) is 15.8. The number of nitrogens with one attached hydrogen (secondary N) is 1. The lowest BCUT2D eigenvalue weighted by Crippen LogP contribution is -2.28. The van der Waals surface area contributed by atoms with Crippen molar-refractivity contribution in [2.24, 2.45) is 0 Å². The van der Waals surface area contributed by atoms with Gasteiger partial charge in [-0.1, -0.05) is 18.2 Å². The van der Waals surface area contributed by atoms with Crippen molar-refractivity contribution in [3.8, 4) is 5.75 Å². The molecular formula is C20H23NO6. The molecule has 1 aromatic carbocycles. The van der Waals surface area contributed by atoms with Gasteiger partial charge >= 0.3 is 11.9 Å². The molecule has 0 spiro atoms. The average molecular weight is 373 g/mol. The molecule has 27 heavy (non-hydrogen) atoms. The van der Waals surface area contributed by atoms with E-state index in [0.29, 0.717) is 17.1 Å². The summed E-state index contributed by atoms with van der Waals surface area (Å²) in [4.78, 5) is 39.7. The van der Waals surface area contributed by atoms with Crippen LogP contribution in [-0.4, -0.2) is 42.0 Å². The smallest absolute Gasteiger partial charge is 0.347 e. The van der Waals surface area contributed by atoms with Crippen LogP contribution in [0.2, 0.25) is 0 Å². The molecule has 1 heterocycles. The number of carbonyl (C=O) groups is 3. The van der Waals surface area contributed by atoms with Crippen molar-refractivity contribution in [1.82, 2.24) is 4.98 Å². The van der Waals surface area contributed by atoms with Crippen LogP contribution in [0.3, 0.4) is 0 Å². The lowest BCUT2D eigenvalue weighted by Gasteiger charge is -2.13. The largest absolute Gasteiger partial charge is 0.479 e. The molecule has 0 saturated carbocycles. The molecule has 0 fully saturated rings. The van der Waals surface area contributed by atoms with Crippen molar-refractivity contribution in [2.45, 2.75) is 33.8 Å². The number of hydrogen-bond donors (Lipinski definition) is 1. The first-order chi connectivity index (χ1) is 12.8. The number of ether oxygens (including phenoxy) is 3. The molecule has 1 N–H and O–H groups in total. The number of aromatic amines is 1. The topological polar surface area (TPSA) is 94.7 Å². The zero-order valence-electron chi connectivity index (χ0n) is 15.8. The molecule has 0 aliphatic heterocycles. The number of benzene rings is 1. The zero-order chi connectivity index (χ0) is 20.0. The Hall–Kier alpha value is -3.09. The maximum Gasteiger partial charge on any atom is 0.347 e. The monoisotopic (exact) mass is 373 g/mol. The lowest BCUT2D eigenvalue weighted by molar-refractivity contribution is -0.149. The Morgan fingerprint density at radius 3 is 2.26 bits per heavy atom. The molecule has 7 heteroatoms. The third kappa shape index (κ3) is 4.97. The summed E-state index contributed by atoms with van der Waals surface area (Å²) in [6, 6.07) is 8.82. The Morgan fingerprint density at radius 2 is 1.63 bits per heavy atom. The molecule has 7 nitrogen and oxygen atoms in total. The first-order valence-electron chi connectivity index (χ1n) is 8.63. The molecule has 0 aliphatic rings. The first kappa shape index (κ1) is 20.2. The number of ketones is 1. The van der Waals surface area contributed by atoms with E-state index in [1.807, 2.05) is 6.07 Å². The standard InChI is InChI=1S/C20H23NO6/c1-5-25-20(24)18-13(3)21-12(2)17(18)16(22)11-26-19(23)14(4)27-15-9-7-6-8-10-15/h6-10,14,21H,5,11H2,1-4H3/t14-/m1/s1. The number of esters is 2. The fourth-order valence-corrected chi connectivity index (χ4v) is 2.67. The van der Waals surface area contributed by atoms with Gasteiger partial charge in [0, 0.05) is 11.4 Å². The SMILES string of the molecule is CCOC(=O)c1c(C)[nH]c(C)c1C(=O)COC(=O)[C@@H](C)Oc1ccccc1. The van der Waals surface area contributed by atoms with Gasteiger partial charge in [-0.3, -0.25) is 4.79 Å². The van der Waals surface area contributed by atoms with E-state index in [1.54, 1.807) is 45.0 Å². The van der Waals surface area contributed by atoms with Crippen molar-refractivity contribution in [3.63, 3.8) is 0 Å². The number of H-pyrrole nitrogens is 1. The molecule has 0 saturated heterocycles. The Kier molecular flexibility index (Phi) is 6.76. The van der Waals surface area contributed by atoms with Crippen LogP contribution >= 0.6 is 0 Å². The van der Waals surface area contributed by atoms with Gasteiger partial charge in [0.15, 0.2) is 12.7 Å². The second-order valence-corrected chi connectivity index (χ2v) is 5.95. The number of para-hydroxylation sites is 1. The van der Waals surface area contributed by atoms with Crippen LogP contribution in [0, 0.1) is 13.8 Å². The van der Waals surface area contributed by atoms with Crippen LogP contribution in [-0.2, 0) is 14.3 Å². The molecule has 2 aromatic rings. The molecule has 2 rings (SSSR count). The first-order valence-corrected chi connectivity index (χ1v) is 8.63. The van der Waals surface area contributed by atoms with Crippen molar-refractivity contribution in [1.29, 1.82) is 0 Å². The Labute approximate surface area is 157 Å². The van der Waals surface area contributed by atoms with E-state index in [1.165, 1.54) is 6.92 Å². The fourth-order valence-electron chi connectivity index (χ4n) is 2.67. The molecular weight excluding hydrogens is 350 g/mol. The highest BCUT2D eigenvalue weighted by molar-refractivity contribution is 6.09. The fraction of sp³-hybridized carbons (Fsp3) is 0.350. The summed E-state index contributed by atoms with van der Waals surface area (Å²) in [5, 5.41) is 0. The predicted octanol–water partition coefficient (Wildman–Crippen LogP) is 3.00. The van der Waals surface area contributed by atoms with Gasteiger partial charge in [-0.25, -0.2) is 9.59 Å². The van der Waals surface area contributed by atoms with Gasteiger partial charge in [-0.2, -0.15) is 0 Å². The van der Waals surface area contributed by atoms with E-state index in [0.717, 1.165) is 0 Å². The minimum absolute atomic E-state index is 0.170. The molecule has 0 amide bonds. The van der Waals surface area contributed by atoms with Gasteiger partial charge < -0.3 is 19.2 Å². The summed E-state index contributed by atoms with van der Waals surface area (Å²) in [6.45, 7) is 6.27. The minimum Gasteiger partial charge on any atom is -0.479 e. The molecule has 0 bridgehead atoms.